The Balaban J connectivity index is 0. The molecule has 362 valence electrons. The molecule has 0 spiro atoms. The van der Waals surface area contributed by atoms with E-state index in [2.05, 4.69) is 79.5 Å². The molecule has 13 heteroatoms. The predicted molar refractivity (Wildman–Crippen MR) is 283 cm³/mol. The number of aromatic hydroxyl groups is 3. The zero-order valence-electron chi connectivity index (χ0n) is 39.2. The quantitative estimate of drug-likeness (QED) is 0.0340. The molecule has 0 saturated heterocycles. The molecule has 0 saturated carbocycles. The average molecular weight is 976 g/mol. The SMILES string of the molecule is C=COCC.C=COCc1ccc(O)cc1.C=COCc1ccc(OCc2ccc(C)cc2)cc1.COC(=O)Cc1ccc(O)cc1.Cc1ccc(CCl)cc1.OCc1ccc(O)cc1.P.P. The van der Waals surface area contributed by atoms with Gasteiger partial charge in [-0.3, -0.25) is 4.79 Å². The number of hydrogen-bond acceptors (Lipinski definition) is 10. The minimum absolute atomic E-state index is 0. The number of hydrogen-bond donors (Lipinski definition) is 4. The number of phenolic OH excluding ortho intramolecular Hbond substituents is 3. The van der Waals surface area contributed by atoms with E-state index >= 15 is 0 Å². The molecule has 6 aromatic carbocycles. The van der Waals surface area contributed by atoms with E-state index in [9.17, 15) is 4.79 Å². The van der Waals surface area contributed by atoms with E-state index in [1.54, 1.807) is 60.7 Å². The number of rotatable bonds is 15. The van der Waals surface area contributed by atoms with E-state index in [0.717, 1.165) is 34.6 Å². The number of esters is 1. The first kappa shape index (κ1) is 62.8. The van der Waals surface area contributed by atoms with Crippen LogP contribution in [0.2, 0.25) is 0 Å². The average Bonchev–Trinajstić information content (AvgIpc) is 3.33. The molecule has 67 heavy (non-hydrogen) atoms. The molecular formula is C54H69ClO10P2. The fourth-order valence-corrected chi connectivity index (χ4v) is 4.86. The molecule has 2 atom stereocenters. The number of aryl methyl sites for hydroxylation is 2. The van der Waals surface area contributed by atoms with Crippen LogP contribution in [-0.4, -0.2) is 40.1 Å². The standard InChI is InChI=1S/C17H18O2.C9H10O3.C9H10O2.C8H9Cl.C7H8O2.C4H8O.2H3P/c1-3-18-12-15-8-10-17(11-9-15)19-13-16-6-4-14(2)5-7-16;1-12-9(11)6-7-2-4-8(10)5-3-7;1-2-11-7-8-3-5-9(10)6-4-8;1-7-2-4-8(6-9)5-3-7;8-5-6-1-3-7(9)4-2-6;1-3-5-4-2;;/h3-11H,1,12-13H2,2H3;2-5,10H,6H2,1H3;2-6,10H,1,7H2;2-5H,6H2,1H3;1-4,8-9H,5H2;3H,1,4H2,2H3;2*1H3. The molecule has 4 N–H and O–H groups in total. The largest absolute Gasteiger partial charge is 0.508 e. The van der Waals surface area contributed by atoms with Crippen LogP contribution >= 0.6 is 31.4 Å². The van der Waals surface area contributed by atoms with E-state index in [0.29, 0.717) is 25.7 Å². The van der Waals surface area contributed by atoms with Crippen LogP contribution in [0.3, 0.4) is 0 Å². The summed E-state index contributed by atoms with van der Waals surface area (Å²) in [6.45, 7) is 18.7. The van der Waals surface area contributed by atoms with Crippen molar-refractivity contribution in [3.05, 3.63) is 229 Å². The second-order valence-corrected chi connectivity index (χ2v) is 13.8. The molecular weight excluding hydrogens is 906 g/mol. The zero-order valence-corrected chi connectivity index (χ0v) is 42.8. The van der Waals surface area contributed by atoms with Crippen molar-refractivity contribution >= 4 is 37.4 Å². The number of phenols is 3. The lowest BCUT2D eigenvalue weighted by Gasteiger charge is -2.07. The first-order valence-corrected chi connectivity index (χ1v) is 21.0. The molecule has 2 unspecified atom stereocenters. The molecule has 0 fully saturated rings. The van der Waals surface area contributed by atoms with E-state index in [4.69, 9.17) is 46.2 Å². The lowest BCUT2D eigenvalue weighted by Crippen LogP contribution is -2.03. The second-order valence-electron chi connectivity index (χ2n) is 13.5. The van der Waals surface area contributed by atoms with Gasteiger partial charge in [-0.1, -0.05) is 128 Å². The summed E-state index contributed by atoms with van der Waals surface area (Å²) in [5.41, 5.74) is 8.66. The van der Waals surface area contributed by atoms with Crippen LogP contribution in [0.15, 0.2) is 184 Å². The Kier molecular flexibility index (Phi) is 37.5. The summed E-state index contributed by atoms with van der Waals surface area (Å²) in [7, 11) is 1.35. The molecule has 0 heterocycles. The first-order valence-electron chi connectivity index (χ1n) is 20.5. The summed E-state index contributed by atoms with van der Waals surface area (Å²) in [6.07, 6.45) is 4.52. The number of carbonyl (C=O) groups is 1. The van der Waals surface area contributed by atoms with Gasteiger partial charge in [0.05, 0.1) is 45.5 Å². The highest BCUT2D eigenvalue weighted by atomic mass is 35.5. The summed E-state index contributed by atoms with van der Waals surface area (Å²) in [6, 6.07) is 44.2. The number of benzene rings is 6. The monoisotopic (exact) mass is 974 g/mol. The Bertz CT molecular complexity index is 2100. The Hall–Kier alpha value is -6.28. The fraction of sp³-hybridized carbons (Fsp3) is 0.204. The Morgan fingerprint density at radius 1 is 0.522 bits per heavy atom. The van der Waals surface area contributed by atoms with Crippen LogP contribution in [0.25, 0.3) is 0 Å². The van der Waals surface area contributed by atoms with Gasteiger partial charge in [0.2, 0.25) is 0 Å². The van der Waals surface area contributed by atoms with Gasteiger partial charge < -0.3 is 44.1 Å². The fourth-order valence-electron chi connectivity index (χ4n) is 4.68. The Morgan fingerprint density at radius 3 is 1.21 bits per heavy atom. The second kappa shape index (κ2) is 40.0. The molecule has 6 aromatic rings. The van der Waals surface area contributed by atoms with Crippen LogP contribution in [0.5, 0.6) is 23.0 Å². The van der Waals surface area contributed by atoms with Crippen molar-refractivity contribution < 1.29 is 48.9 Å². The van der Waals surface area contributed by atoms with Gasteiger partial charge in [0.1, 0.15) is 42.8 Å². The van der Waals surface area contributed by atoms with Crippen molar-refractivity contribution in [3.63, 3.8) is 0 Å². The number of ether oxygens (including phenoxy) is 5. The highest BCUT2D eigenvalue weighted by molar-refractivity contribution is 6.92. The maximum absolute atomic E-state index is 10.8. The van der Waals surface area contributed by atoms with Gasteiger partial charge in [-0.05, 0) is 103 Å². The van der Waals surface area contributed by atoms with Gasteiger partial charge in [-0.25, -0.2) is 0 Å². The molecule has 0 aliphatic rings. The van der Waals surface area contributed by atoms with Crippen LogP contribution in [-0.2, 0) is 62.5 Å². The number of carbonyl (C=O) groups excluding carboxylic acids is 1. The van der Waals surface area contributed by atoms with Crippen molar-refractivity contribution in [3.8, 4) is 23.0 Å². The van der Waals surface area contributed by atoms with Gasteiger partial charge in [0, 0.05) is 5.88 Å². The lowest BCUT2D eigenvalue weighted by atomic mass is 10.1. The third kappa shape index (κ3) is 32.1. The van der Waals surface area contributed by atoms with Crippen LogP contribution < -0.4 is 4.74 Å². The molecule has 0 aromatic heterocycles. The number of aliphatic hydroxyl groups excluding tert-OH is 1. The zero-order chi connectivity index (χ0) is 48.1. The van der Waals surface area contributed by atoms with Gasteiger partial charge in [-0.15, -0.1) is 11.6 Å². The Morgan fingerprint density at radius 2 is 0.866 bits per heavy atom. The molecule has 0 aliphatic heterocycles. The molecule has 0 aliphatic carbocycles. The summed E-state index contributed by atoms with van der Waals surface area (Å²) in [5, 5.41) is 35.2. The van der Waals surface area contributed by atoms with Gasteiger partial charge in [0.15, 0.2) is 0 Å². The minimum atomic E-state index is -0.277. The maximum atomic E-state index is 10.8. The minimum Gasteiger partial charge on any atom is -0.508 e. The van der Waals surface area contributed by atoms with E-state index < -0.39 is 0 Å². The van der Waals surface area contributed by atoms with Crippen molar-refractivity contribution in [2.75, 3.05) is 13.7 Å². The molecule has 0 radical (unpaired) electrons. The molecule has 10 nitrogen and oxygen atoms in total. The topological polar surface area (TPSA) is 144 Å². The predicted octanol–water partition coefficient (Wildman–Crippen LogP) is 12.3. The summed E-state index contributed by atoms with van der Waals surface area (Å²) >= 11 is 5.58. The van der Waals surface area contributed by atoms with E-state index in [1.807, 2.05) is 43.3 Å². The highest BCUT2D eigenvalue weighted by Gasteiger charge is 2.02. The third-order valence-electron chi connectivity index (χ3n) is 8.31. The van der Waals surface area contributed by atoms with E-state index in [1.165, 1.54) is 60.3 Å². The summed E-state index contributed by atoms with van der Waals surface area (Å²) in [4.78, 5) is 10.8. The van der Waals surface area contributed by atoms with Crippen molar-refractivity contribution in [1.82, 2.24) is 0 Å². The number of aliphatic hydroxyl groups is 1. The first-order chi connectivity index (χ1) is 31.4. The van der Waals surface area contributed by atoms with Crippen molar-refractivity contribution in [1.29, 1.82) is 0 Å². The van der Waals surface area contributed by atoms with Crippen LogP contribution in [0.1, 0.15) is 51.4 Å². The maximum Gasteiger partial charge on any atom is 0.309 e. The van der Waals surface area contributed by atoms with Gasteiger partial charge >= 0.3 is 5.97 Å². The molecule has 6 rings (SSSR count). The lowest BCUT2D eigenvalue weighted by molar-refractivity contribution is -0.139. The Labute approximate surface area is 409 Å². The van der Waals surface area contributed by atoms with Crippen LogP contribution in [0.4, 0.5) is 0 Å². The molecule has 0 bridgehead atoms. The number of halogens is 1. The van der Waals surface area contributed by atoms with E-state index in [-0.39, 0.29) is 56.0 Å². The number of methoxy groups -OCH3 is 1. The summed E-state index contributed by atoms with van der Waals surface area (Å²) in [5.74, 6) is 1.90. The van der Waals surface area contributed by atoms with Crippen LogP contribution in [0, 0.1) is 13.8 Å². The number of alkyl halides is 1. The molecule has 0 amide bonds. The normalized spacial score (nSPS) is 9.04. The van der Waals surface area contributed by atoms with Crippen molar-refractivity contribution in [2.45, 2.75) is 59.5 Å². The van der Waals surface area contributed by atoms with Crippen molar-refractivity contribution in [2.24, 2.45) is 0 Å². The third-order valence-corrected chi connectivity index (χ3v) is 8.62. The summed E-state index contributed by atoms with van der Waals surface area (Å²) < 4.78 is 24.9. The highest BCUT2D eigenvalue weighted by Crippen LogP contribution is 2.16. The van der Waals surface area contributed by atoms with Gasteiger partial charge in [-0.2, -0.15) is 19.8 Å². The smallest absolute Gasteiger partial charge is 0.309 e. The van der Waals surface area contributed by atoms with Gasteiger partial charge in [0.25, 0.3) is 0 Å².